The number of hydrogen-bond acceptors (Lipinski definition) is 3. The molecule has 2 saturated heterocycles. The van der Waals surface area contributed by atoms with Crippen LogP contribution in [0, 0.1) is 11.3 Å². The molecule has 1 atom stereocenters. The SMILES string of the molecule is COCC1(C)CCN(CC2CCCNC2)CC1.Cl. The van der Waals surface area contributed by atoms with Gasteiger partial charge in [0, 0.05) is 13.7 Å². The molecule has 0 aliphatic carbocycles. The number of likely N-dealkylation sites (tertiary alicyclic amines) is 1. The second kappa shape index (κ2) is 7.68. The maximum Gasteiger partial charge on any atom is 0.0516 e. The van der Waals surface area contributed by atoms with Gasteiger partial charge in [-0.25, -0.2) is 0 Å². The van der Waals surface area contributed by atoms with Gasteiger partial charge in [0.1, 0.15) is 0 Å². The van der Waals surface area contributed by atoms with Crippen molar-refractivity contribution in [1.29, 1.82) is 0 Å². The van der Waals surface area contributed by atoms with Crippen molar-refractivity contribution in [1.82, 2.24) is 10.2 Å². The van der Waals surface area contributed by atoms with Crippen molar-refractivity contribution in [3.63, 3.8) is 0 Å². The summed E-state index contributed by atoms with van der Waals surface area (Å²) in [6, 6.07) is 0. The Morgan fingerprint density at radius 3 is 2.61 bits per heavy atom. The van der Waals surface area contributed by atoms with Crippen LogP contribution in [0.2, 0.25) is 0 Å². The molecule has 18 heavy (non-hydrogen) atoms. The van der Waals surface area contributed by atoms with Crippen molar-refractivity contribution in [3.05, 3.63) is 0 Å². The fourth-order valence-corrected chi connectivity index (χ4v) is 3.21. The van der Waals surface area contributed by atoms with Gasteiger partial charge in [0.05, 0.1) is 6.61 Å². The second-order valence-electron chi connectivity index (χ2n) is 6.26. The first-order valence-corrected chi connectivity index (χ1v) is 7.14. The van der Waals surface area contributed by atoms with Crippen LogP contribution in [0.1, 0.15) is 32.6 Å². The number of piperidine rings is 2. The quantitative estimate of drug-likeness (QED) is 0.852. The molecule has 4 heteroatoms. The molecule has 1 unspecified atom stereocenters. The van der Waals surface area contributed by atoms with E-state index in [1.165, 1.54) is 58.4 Å². The van der Waals surface area contributed by atoms with Crippen molar-refractivity contribution < 1.29 is 4.74 Å². The van der Waals surface area contributed by atoms with Gasteiger partial charge in [0.25, 0.3) is 0 Å². The lowest BCUT2D eigenvalue weighted by atomic mass is 9.81. The first-order valence-electron chi connectivity index (χ1n) is 7.14. The second-order valence-corrected chi connectivity index (χ2v) is 6.26. The van der Waals surface area contributed by atoms with Gasteiger partial charge in [0.2, 0.25) is 0 Å². The van der Waals surface area contributed by atoms with Gasteiger partial charge in [-0.05, 0) is 63.2 Å². The van der Waals surface area contributed by atoms with E-state index >= 15 is 0 Å². The molecule has 2 aliphatic heterocycles. The Morgan fingerprint density at radius 1 is 1.33 bits per heavy atom. The highest BCUT2D eigenvalue weighted by molar-refractivity contribution is 5.85. The third-order valence-electron chi connectivity index (χ3n) is 4.47. The van der Waals surface area contributed by atoms with Gasteiger partial charge in [-0.15, -0.1) is 12.4 Å². The van der Waals surface area contributed by atoms with Gasteiger partial charge >= 0.3 is 0 Å². The van der Waals surface area contributed by atoms with E-state index in [9.17, 15) is 0 Å². The minimum absolute atomic E-state index is 0. The van der Waals surface area contributed by atoms with Gasteiger partial charge in [0.15, 0.2) is 0 Å². The lowest BCUT2D eigenvalue weighted by molar-refractivity contribution is 0.0289. The molecular weight excluding hydrogens is 248 g/mol. The Labute approximate surface area is 118 Å². The topological polar surface area (TPSA) is 24.5 Å². The first kappa shape index (κ1) is 16.2. The Bertz CT molecular complexity index is 224. The summed E-state index contributed by atoms with van der Waals surface area (Å²) in [5.41, 5.74) is 0.427. The number of ether oxygens (including phenoxy) is 1. The number of halogens is 1. The van der Waals surface area contributed by atoms with Crippen molar-refractivity contribution >= 4 is 12.4 Å². The minimum atomic E-state index is 0. The molecule has 2 heterocycles. The zero-order valence-corrected chi connectivity index (χ0v) is 12.7. The average Bonchev–Trinajstić information content (AvgIpc) is 2.34. The summed E-state index contributed by atoms with van der Waals surface area (Å²) in [4.78, 5) is 2.66. The summed E-state index contributed by atoms with van der Waals surface area (Å²) in [6.07, 6.45) is 5.36. The Morgan fingerprint density at radius 2 is 2.06 bits per heavy atom. The summed E-state index contributed by atoms with van der Waals surface area (Å²) >= 11 is 0. The Hall–Kier alpha value is 0.170. The van der Waals surface area contributed by atoms with Gasteiger partial charge < -0.3 is 15.0 Å². The van der Waals surface area contributed by atoms with Crippen molar-refractivity contribution in [2.75, 3.05) is 46.4 Å². The molecule has 0 aromatic rings. The third-order valence-corrected chi connectivity index (χ3v) is 4.47. The zero-order valence-electron chi connectivity index (χ0n) is 11.9. The molecule has 0 radical (unpaired) electrons. The Kier molecular flexibility index (Phi) is 6.93. The molecule has 0 aromatic carbocycles. The van der Waals surface area contributed by atoms with Crippen molar-refractivity contribution in [2.45, 2.75) is 32.6 Å². The molecule has 0 spiro atoms. The lowest BCUT2D eigenvalue weighted by Gasteiger charge is -2.40. The van der Waals surface area contributed by atoms with E-state index in [1.807, 2.05) is 7.11 Å². The summed E-state index contributed by atoms with van der Waals surface area (Å²) in [6.45, 7) is 9.57. The largest absolute Gasteiger partial charge is 0.384 e. The van der Waals surface area contributed by atoms with Crippen LogP contribution in [0.3, 0.4) is 0 Å². The van der Waals surface area contributed by atoms with Crippen LogP contribution in [0.5, 0.6) is 0 Å². The smallest absolute Gasteiger partial charge is 0.0516 e. The van der Waals surface area contributed by atoms with Gasteiger partial charge in [-0.3, -0.25) is 0 Å². The van der Waals surface area contributed by atoms with Crippen molar-refractivity contribution in [2.24, 2.45) is 11.3 Å². The highest BCUT2D eigenvalue weighted by atomic mass is 35.5. The standard InChI is InChI=1S/C14H28N2O.ClH/c1-14(12-17-2)5-8-16(9-6-14)11-13-4-3-7-15-10-13;/h13,15H,3-12H2,1-2H3;1H. The predicted molar refractivity (Wildman–Crippen MR) is 78.5 cm³/mol. The van der Waals surface area contributed by atoms with E-state index in [0.717, 1.165) is 12.5 Å². The highest BCUT2D eigenvalue weighted by Crippen LogP contribution is 2.31. The number of rotatable bonds is 4. The monoisotopic (exact) mass is 276 g/mol. The molecular formula is C14H29ClN2O. The molecule has 0 bridgehead atoms. The molecule has 3 nitrogen and oxygen atoms in total. The molecule has 2 fully saturated rings. The molecule has 2 aliphatic rings. The summed E-state index contributed by atoms with van der Waals surface area (Å²) in [7, 11) is 1.82. The van der Waals surface area contributed by atoms with E-state index in [1.54, 1.807) is 0 Å². The van der Waals surface area contributed by atoms with E-state index in [4.69, 9.17) is 4.74 Å². The first-order chi connectivity index (χ1) is 8.22. The fourth-order valence-electron chi connectivity index (χ4n) is 3.21. The van der Waals surface area contributed by atoms with E-state index in [0.29, 0.717) is 5.41 Å². The lowest BCUT2D eigenvalue weighted by Crippen LogP contribution is -2.45. The molecule has 108 valence electrons. The fraction of sp³-hybridized carbons (Fsp3) is 1.00. The maximum atomic E-state index is 5.34. The van der Waals surface area contributed by atoms with Crippen LogP contribution in [0.15, 0.2) is 0 Å². The predicted octanol–water partition coefficient (Wildman–Crippen LogP) is 2.16. The molecule has 0 aromatic heterocycles. The summed E-state index contributed by atoms with van der Waals surface area (Å²) in [5.74, 6) is 0.885. The normalized spacial score (nSPS) is 28.7. The van der Waals surface area contributed by atoms with Gasteiger partial charge in [-0.2, -0.15) is 0 Å². The number of nitrogens with one attached hydrogen (secondary N) is 1. The van der Waals surface area contributed by atoms with E-state index < -0.39 is 0 Å². The average molecular weight is 277 g/mol. The molecule has 0 amide bonds. The summed E-state index contributed by atoms with van der Waals surface area (Å²) in [5, 5.41) is 3.51. The zero-order chi connectivity index (χ0) is 12.1. The number of hydrogen-bond donors (Lipinski definition) is 1. The minimum Gasteiger partial charge on any atom is -0.384 e. The van der Waals surface area contributed by atoms with Crippen LogP contribution in [-0.2, 0) is 4.74 Å². The Balaban J connectivity index is 0.00000162. The van der Waals surface area contributed by atoms with Crippen LogP contribution in [0.4, 0.5) is 0 Å². The molecule has 2 rings (SSSR count). The van der Waals surface area contributed by atoms with Crippen LogP contribution in [0.25, 0.3) is 0 Å². The van der Waals surface area contributed by atoms with Crippen molar-refractivity contribution in [3.8, 4) is 0 Å². The third kappa shape index (κ3) is 4.69. The van der Waals surface area contributed by atoms with E-state index in [2.05, 4.69) is 17.1 Å². The van der Waals surface area contributed by atoms with Crippen LogP contribution < -0.4 is 5.32 Å². The maximum absolute atomic E-state index is 5.34. The number of methoxy groups -OCH3 is 1. The molecule has 0 saturated carbocycles. The summed E-state index contributed by atoms with van der Waals surface area (Å²) < 4.78 is 5.34. The van der Waals surface area contributed by atoms with E-state index in [-0.39, 0.29) is 12.4 Å². The number of nitrogens with zero attached hydrogens (tertiary/aromatic N) is 1. The highest BCUT2D eigenvalue weighted by Gasteiger charge is 2.30. The molecule has 1 N–H and O–H groups in total. The van der Waals surface area contributed by atoms with Crippen LogP contribution >= 0.6 is 12.4 Å². The van der Waals surface area contributed by atoms with Crippen LogP contribution in [-0.4, -0.2) is 51.3 Å². The van der Waals surface area contributed by atoms with Gasteiger partial charge in [-0.1, -0.05) is 6.92 Å².